The summed E-state index contributed by atoms with van der Waals surface area (Å²) in [5, 5.41) is 28.2. The predicted octanol–water partition coefficient (Wildman–Crippen LogP) is 4.71. The molecule has 1 rings (SSSR count). The molecule has 0 bridgehead atoms. The van der Waals surface area contributed by atoms with Crippen LogP contribution in [-0.2, 0) is 17.9 Å². The van der Waals surface area contributed by atoms with Crippen LogP contribution in [0.15, 0.2) is 6.20 Å². The van der Waals surface area contributed by atoms with Crippen molar-refractivity contribution in [1.29, 1.82) is 0 Å². The molecule has 26 heavy (non-hydrogen) atoms. The molecular formula is C19H43N3O4. The van der Waals surface area contributed by atoms with Crippen LogP contribution < -0.4 is 0 Å². The molecule has 0 aromatic carbocycles. The third-order valence-corrected chi connectivity index (χ3v) is 2.97. The van der Waals surface area contributed by atoms with Gasteiger partial charge in [-0.15, -0.1) is 5.10 Å². The second-order valence-corrected chi connectivity index (χ2v) is 7.26. The van der Waals surface area contributed by atoms with Gasteiger partial charge in [-0.2, -0.15) is 0 Å². The van der Waals surface area contributed by atoms with Crippen LogP contribution in [0.1, 0.15) is 80.8 Å². The van der Waals surface area contributed by atoms with Gasteiger partial charge in [-0.1, -0.05) is 53.7 Å². The molecule has 158 valence electrons. The standard InChI is InChI=1S/C14H27N3O.C3H8O.C2H6.H2O2/c1-11(2)7-14(5,6)8-13-9-17(16-15-13)10-18-12(3)4;1-2-3-4;2*1-2/h9,11-12H,7-8,10H2,1-6H3;4H,2-3H2,1H3;1-2H3;1-2H. The lowest BCUT2D eigenvalue weighted by molar-refractivity contribution is -0.176. The Morgan fingerprint density at radius 1 is 1.15 bits per heavy atom. The first-order chi connectivity index (χ1) is 12.2. The van der Waals surface area contributed by atoms with Gasteiger partial charge in [-0.05, 0) is 44.4 Å². The Morgan fingerprint density at radius 3 is 2.04 bits per heavy atom. The summed E-state index contributed by atoms with van der Waals surface area (Å²) < 4.78 is 7.26. The lowest BCUT2D eigenvalue weighted by atomic mass is 9.80. The Kier molecular flexibility index (Phi) is 21.5. The normalized spacial score (nSPS) is 10.4. The zero-order valence-corrected chi connectivity index (χ0v) is 18.4. The minimum absolute atomic E-state index is 0.218. The molecule has 0 saturated heterocycles. The van der Waals surface area contributed by atoms with Crippen molar-refractivity contribution in [3.63, 3.8) is 0 Å². The fraction of sp³-hybridized carbons (Fsp3) is 0.895. The van der Waals surface area contributed by atoms with Gasteiger partial charge >= 0.3 is 0 Å². The van der Waals surface area contributed by atoms with Crippen LogP contribution in [0.3, 0.4) is 0 Å². The minimum Gasteiger partial charge on any atom is -0.396 e. The van der Waals surface area contributed by atoms with Crippen molar-refractivity contribution in [3.05, 3.63) is 11.9 Å². The summed E-state index contributed by atoms with van der Waals surface area (Å²) in [6.07, 6.45) is 5.25. The molecule has 0 radical (unpaired) electrons. The second-order valence-electron chi connectivity index (χ2n) is 7.26. The smallest absolute Gasteiger partial charge is 0.141 e. The summed E-state index contributed by atoms with van der Waals surface area (Å²) >= 11 is 0. The molecule has 0 fully saturated rings. The summed E-state index contributed by atoms with van der Waals surface area (Å²) in [4.78, 5) is 0. The third-order valence-electron chi connectivity index (χ3n) is 2.97. The molecule has 0 spiro atoms. The Balaban J connectivity index is -0.000000568. The molecule has 7 nitrogen and oxygen atoms in total. The number of aliphatic hydroxyl groups is 1. The van der Waals surface area contributed by atoms with E-state index in [0.717, 1.165) is 18.5 Å². The number of aliphatic hydroxyl groups excluding tert-OH is 1. The summed E-state index contributed by atoms with van der Waals surface area (Å²) in [5.41, 5.74) is 1.32. The van der Waals surface area contributed by atoms with Crippen molar-refractivity contribution in [2.75, 3.05) is 6.61 Å². The first kappa shape index (κ1) is 29.7. The molecule has 3 N–H and O–H groups in total. The van der Waals surface area contributed by atoms with E-state index in [4.69, 9.17) is 20.4 Å². The van der Waals surface area contributed by atoms with Crippen molar-refractivity contribution >= 4 is 0 Å². The van der Waals surface area contributed by atoms with Gasteiger partial charge < -0.3 is 9.84 Å². The molecule has 0 saturated carbocycles. The van der Waals surface area contributed by atoms with Crippen LogP contribution >= 0.6 is 0 Å². The molecule has 0 amide bonds. The highest BCUT2D eigenvalue weighted by atomic mass is 17.0. The van der Waals surface area contributed by atoms with Gasteiger partial charge in [0.05, 0.1) is 18.0 Å². The molecule has 0 aliphatic carbocycles. The minimum atomic E-state index is 0.218. The predicted molar refractivity (Wildman–Crippen MR) is 107 cm³/mol. The number of ether oxygens (including phenoxy) is 1. The van der Waals surface area contributed by atoms with E-state index in [1.54, 1.807) is 4.68 Å². The maximum Gasteiger partial charge on any atom is 0.141 e. The van der Waals surface area contributed by atoms with Gasteiger partial charge in [-0.3, -0.25) is 10.5 Å². The highest BCUT2D eigenvalue weighted by molar-refractivity contribution is 4.96. The van der Waals surface area contributed by atoms with Crippen molar-refractivity contribution in [1.82, 2.24) is 15.0 Å². The van der Waals surface area contributed by atoms with E-state index >= 15 is 0 Å². The fourth-order valence-corrected chi connectivity index (χ4v) is 2.38. The van der Waals surface area contributed by atoms with Crippen molar-refractivity contribution in [2.24, 2.45) is 11.3 Å². The summed E-state index contributed by atoms with van der Waals surface area (Å²) in [6, 6.07) is 0. The largest absolute Gasteiger partial charge is 0.396 e. The quantitative estimate of drug-likeness (QED) is 0.448. The molecule has 0 atom stereocenters. The van der Waals surface area contributed by atoms with Gasteiger partial charge in [0.15, 0.2) is 0 Å². The summed E-state index contributed by atoms with van der Waals surface area (Å²) in [5.74, 6) is 0.708. The van der Waals surface area contributed by atoms with E-state index in [1.807, 2.05) is 40.8 Å². The number of nitrogens with zero attached hydrogens (tertiary/aromatic N) is 3. The fourth-order valence-electron chi connectivity index (χ4n) is 2.38. The summed E-state index contributed by atoms with van der Waals surface area (Å²) in [7, 11) is 0. The van der Waals surface area contributed by atoms with Crippen LogP contribution in [0.5, 0.6) is 0 Å². The number of aromatic nitrogens is 3. The molecule has 0 unspecified atom stereocenters. The number of hydrogen-bond acceptors (Lipinski definition) is 6. The molecule has 1 heterocycles. The SMILES string of the molecule is CC.CC(C)CC(C)(C)Cc1cn(COC(C)C)nn1.CCCO.OO. The van der Waals surface area contributed by atoms with Gasteiger partial charge in [0, 0.05) is 6.61 Å². The molecule has 1 aromatic rings. The van der Waals surface area contributed by atoms with Crippen LogP contribution in [0, 0.1) is 11.3 Å². The monoisotopic (exact) mass is 377 g/mol. The average Bonchev–Trinajstić information content (AvgIpc) is 3.02. The first-order valence-corrected chi connectivity index (χ1v) is 9.51. The Labute approximate surface area is 160 Å². The molecule has 0 aliphatic heterocycles. The van der Waals surface area contributed by atoms with E-state index in [2.05, 4.69) is 38.0 Å². The van der Waals surface area contributed by atoms with Gasteiger partial charge in [0.25, 0.3) is 0 Å². The maximum absolute atomic E-state index is 7.88. The van der Waals surface area contributed by atoms with E-state index < -0.39 is 0 Å². The Bertz CT molecular complexity index is 392. The van der Waals surface area contributed by atoms with Crippen LogP contribution in [0.4, 0.5) is 0 Å². The van der Waals surface area contributed by atoms with Crippen LogP contribution in [0.2, 0.25) is 0 Å². The lowest BCUT2D eigenvalue weighted by Gasteiger charge is -2.25. The third kappa shape index (κ3) is 19.3. The molecular weight excluding hydrogens is 334 g/mol. The summed E-state index contributed by atoms with van der Waals surface area (Å²) in [6.45, 7) is 19.9. The van der Waals surface area contributed by atoms with Gasteiger partial charge in [0.1, 0.15) is 6.73 Å². The molecule has 1 aromatic heterocycles. The van der Waals surface area contributed by atoms with E-state index in [9.17, 15) is 0 Å². The number of rotatable bonds is 8. The van der Waals surface area contributed by atoms with Gasteiger partial charge in [-0.25, -0.2) is 4.68 Å². The van der Waals surface area contributed by atoms with Gasteiger partial charge in [0.2, 0.25) is 0 Å². The average molecular weight is 378 g/mol. The van der Waals surface area contributed by atoms with Crippen LogP contribution in [-0.4, -0.2) is 43.3 Å². The maximum atomic E-state index is 7.88. The van der Waals surface area contributed by atoms with Crippen LogP contribution in [0.25, 0.3) is 0 Å². The molecule has 7 heteroatoms. The Hall–Kier alpha value is -1.02. The van der Waals surface area contributed by atoms with Crippen molar-refractivity contribution in [2.45, 2.75) is 94.4 Å². The van der Waals surface area contributed by atoms with Crippen molar-refractivity contribution < 1.29 is 20.4 Å². The first-order valence-electron chi connectivity index (χ1n) is 9.51. The zero-order chi connectivity index (χ0) is 21.2. The second kappa shape index (κ2) is 18.8. The topological polar surface area (TPSA) is 101 Å². The van der Waals surface area contributed by atoms with E-state index in [1.165, 1.54) is 6.42 Å². The lowest BCUT2D eigenvalue weighted by Crippen LogP contribution is -2.18. The highest BCUT2D eigenvalue weighted by Gasteiger charge is 2.21. The van der Waals surface area contributed by atoms with E-state index in [-0.39, 0.29) is 11.5 Å². The zero-order valence-electron chi connectivity index (χ0n) is 18.4. The number of hydrogen-bond donors (Lipinski definition) is 3. The van der Waals surface area contributed by atoms with Crippen molar-refractivity contribution in [3.8, 4) is 0 Å². The molecule has 0 aliphatic rings. The highest BCUT2D eigenvalue weighted by Crippen LogP contribution is 2.28. The van der Waals surface area contributed by atoms with E-state index in [0.29, 0.717) is 19.3 Å². The Morgan fingerprint density at radius 2 is 1.65 bits per heavy atom.